The molecule has 1 aromatic heterocycles. The summed E-state index contributed by atoms with van der Waals surface area (Å²) < 4.78 is 19.3. The van der Waals surface area contributed by atoms with E-state index in [0.29, 0.717) is 5.75 Å². The Labute approximate surface area is 126 Å². The molecule has 2 N–H and O–H groups in total. The van der Waals surface area contributed by atoms with Crippen LogP contribution >= 0.6 is 0 Å². The predicted molar refractivity (Wildman–Crippen MR) is 78.1 cm³/mol. The zero-order valence-electron chi connectivity index (χ0n) is 11.8. The number of carbonyl (C=O) groups excluding carboxylic acids is 1. The highest BCUT2D eigenvalue weighted by atomic mass is 19.1. The van der Waals surface area contributed by atoms with Gasteiger partial charge in [-0.1, -0.05) is 11.8 Å². The van der Waals surface area contributed by atoms with Crippen molar-refractivity contribution in [3.63, 3.8) is 0 Å². The third-order valence-corrected chi connectivity index (χ3v) is 2.67. The van der Waals surface area contributed by atoms with E-state index >= 15 is 0 Å². The van der Waals surface area contributed by atoms with Crippen LogP contribution in [0.1, 0.15) is 16.1 Å². The fourth-order valence-corrected chi connectivity index (χ4v) is 1.66. The molecule has 0 aliphatic carbocycles. The summed E-state index contributed by atoms with van der Waals surface area (Å²) in [5.41, 5.74) is 0.369. The fourth-order valence-electron chi connectivity index (χ4n) is 1.66. The molecular weight excluding hydrogens is 287 g/mol. The van der Waals surface area contributed by atoms with E-state index in [1.807, 2.05) is 0 Å². The summed E-state index contributed by atoms with van der Waals surface area (Å²) in [7, 11) is 1.50. The quantitative estimate of drug-likeness (QED) is 0.847. The van der Waals surface area contributed by atoms with Crippen molar-refractivity contribution in [2.45, 2.75) is 0 Å². The molecule has 2 rings (SSSR count). The first kappa shape index (κ1) is 15.5. The molecule has 1 amide bonds. The largest absolute Gasteiger partial charge is 0.457 e. The number of hydrogen-bond acceptors (Lipinski definition) is 4. The molecule has 0 unspecified atom stereocenters. The van der Waals surface area contributed by atoms with E-state index in [1.54, 1.807) is 12.1 Å². The molecule has 1 heterocycles. The Morgan fingerprint density at radius 2 is 2.14 bits per heavy atom. The number of benzene rings is 1. The average Bonchev–Trinajstić information content (AvgIpc) is 2.53. The molecule has 112 valence electrons. The molecular formula is C16H13FN2O3. The summed E-state index contributed by atoms with van der Waals surface area (Å²) >= 11 is 0. The van der Waals surface area contributed by atoms with E-state index < -0.39 is 5.82 Å². The second-order valence-corrected chi connectivity index (χ2v) is 4.16. The third kappa shape index (κ3) is 3.81. The highest BCUT2D eigenvalue weighted by Gasteiger charge is 2.08. The van der Waals surface area contributed by atoms with Gasteiger partial charge in [-0.3, -0.25) is 9.78 Å². The van der Waals surface area contributed by atoms with Gasteiger partial charge in [-0.05, 0) is 18.2 Å². The highest BCUT2D eigenvalue weighted by Crippen LogP contribution is 2.23. The van der Waals surface area contributed by atoms with Crippen molar-refractivity contribution in [3.8, 4) is 23.3 Å². The van der Waals surface area contributed by atoms with Crippen molar-refractivity contribution in [2.24, 2.45) is 0 Å². The fraction of sp³-hybridized carbons (Fsp3) is 0.125. The summed E-state index contributed by atoms with van der Waals surface area (Å²) in [6.45, 7) is -0.336. The van der Waals surface area contributed by atoms with Crippen molar-refractivity contribution in [1.82, 2.24) is 10.3 Å². The number of halogens is 1. The molecule has 0 saturated heterocycles. The number of nitrogens with zero attached hydrogens (tertiary/aromatic N) is 1. The van der Waals surface area contributed by atoms with Gasteiger partial charge in [0, 0.05) is 25.4 Å². The monoisotopic (exact) mass is 300 g/mol. The van der Waals surface area contributed by atoms with Gasteiger partial charge in [-0.15, -0.1) is 0 Å². The van der Waals surface area contributed by atoms with Crippen LogP contribution in [0.15, 0.2) is 36.5 Å². The number of carbonyl (C=O) groups is 1. The Kier molecular flexibility index (Phi) is 5.07. The summed E-state index contributed by atoms with van der Waals surface area (Å²) in [6, 6.07) is 7.19. The molecule has 0 atom stereocenters. The van der Waals surface area contributed by atoms with Gasteiger partial charge >= 0.3 is 0 Å². The van der Waals surface area contributed by atoms with Crippen LogP contribution in [0, 0.1) is 17.7 Å². The molecule has 1 aromatic carbocycles. The number of hydrogen-bond donors (Lipinski definition) is 2. The molecule has 6 heteroatoms. The zero-order chi connectivity index (χ0) is 15.9. The van der Waals surface area contributed by atoms with Crippen LogP contribution in [-0.2, 0) is 0 Å². The predicted octanol–water partition coefficient (Wildman–Crippen LogP) is 1.72. The second kappa shape index (κ2) is 7.20. The molecule has 2 aromatic rings. The molecule has 0 fully saturated rings. The maximum atomic E-state index is 13.8. The number of aromatic nitrogens is 1. The van der Waals surface area contributed by atoms with Gasteiger partial charge in [-0.2, -0.15) is 0 Å². The van der Waals surface area contributed by atoms with E-state index in [0.717, 1.165) is 0 Å². The van der Waals surface area contributed by atoms with Gasteiger partial charge in [0.25, 0.3) is 5.91 Å². The second-order valence-electron chi connectivity index (χ2n) is 4.16. The van der Waals surface area contributed by atoms with Gasteiger partial charge in [0.05, 0.1) is 5.56 Å². The van der Waals surface area contributed by atoms with Gasteiger partial charge in [0.15, 0.2) is 0 Å². The van der Waals surface area contributed by atoms with Gasteiger partial charge in [0.1, 0.15) is 29.6 Å². The van der Waals surface area contributed by atoms with Crippen LogP contribution in [0.5, 0.6) is 11.5 Å². The SMILES string of the molecule is CNC(=O)c1cc(Oc2ccc(C#CCO)c(F)c2)ccn1. The first-order valence-corrected chi connectivity index (χ1v) is 6.39. The van der Waals surface area contributed by atoms with Gasteiger partial charge in [-0.25, -0.2) is 4.39 Å². The average molecular weight is 300 g/mol. The van der Waals surface area contributed by atoms with Crippen molar-refractivity contribution in [3.05, 3.63) is 53.6 Å². The molecule has 5 nitrogen and oxygen atoms in total. The Bertz CT molecular complexity index is 751. The van der Waals surface area contributed by atoms with Crippen molar-refractivity contribution in [2.75, 3.05) is 13.7 Å². The lowest BCUT2D eigenvalue weighted by molar-refractivity contribution is 0.0958. The topological polar surface area (TPSA) is 71.5 Å². The molecule has 0 bridgehead atoms. The summed E-state index contributed by atoms with van der Waals surface area (Å²) in [5.74, 6) is 4.59. The Hall–Kier alpha value is -2.91. The minimum atomic E-state index is -0.556. The Morgan fingerprint density at radius 1 is 1.36 bits per heavy atom. The van der Waals surface area contributed by atoms with Crippen LogP contribution in [0.4, 0.5) is 4.39 Å². The zero-order valence-corrected chi connectivity index (χ0v) is 11.8. The van der Waals surface area contributed by atoms with E-state index in [2.05, 4.69) is 22.1 Å². The Morgan fingerprint density at radius 3 is 2.82 bits per heavy atom. The minimum absolute atomic E-state index is 0.169. The van der Waals surface area contributed by atoms with Crippen molar-refractivity contribution in [1.29, 1.82) is 0 Å². The van der Waals surface area contributed by atoms with Crippen LogP contribution < -0.4 is 10.1 Å². The maximum absolute atomic E-state index is 13.8. The number of pyridine rings is 1. The Balaban J connectivity index is 2.21. The number of nitrogens with one attached hydrogen (secondary N) is 1. The first-order valence-electron chi connectivity index (χ1n) is 6.39. The summed E-state index contributed by atoms with van der Waals surface area (Å²) in [6.07, 6.45) is 1.43. The van der Waals surface area contributed by atoms with Gasteiger partial charge < -0.3 is 15.2 Å². The normalized spacial score (nSPS) is 9.59. The number of aliphatic hydroxyl groups is 1. The first-order chi connectivity index (χ1) is 10.6. The molecule has 0 spiro atoms. The van der Waals surface area contributed by atoms with Crippen LogP contribution in [0.2, 0.25) is 0 Å². The number of aliphatic hydroxyl groups excluding tert-OH is 1. The standard InChI is InChI=1S/C16H13FN2O3/c1-18-16(21)15-10-13(6-7-19-15)22-12-5-4-11(3-2-8-20)14(17)9-12/h4-7,9-10,20H,8H2,1H3,(H,18,21). The van der Waals surface area contributed by atoms with Crippen molar-refractivity contribution < 1.29 is 19.0 Å². The number of rotatable bonds is 3. The van der Waals surface area contributed by atoms with Crippen LogP contribution in [0.3, 0.4) is 0 Å². The molecule has 22 heavy (non-hydrogen) atoms. The summed E-state index contributed by atoms with van der Waals surface area (Å²) in [4.78, 5) is 15.4. The lowest BCUT2D eigenvalue weighted by Crippen LogP contribution is -2.18. The maximum Gasteiger partial charge on any atom is 0.269 e. The molecule has 0 aliphatic rings. The number of amides is 1. The van der Waals surface area contributed by atoms with Gasteiger partial charge in [0.2, 0.25) is 0 Å². The third-order valence-electron chi connectivity index (χ3n) is 2.67. The minimum Gasteiger partial charge on any atom is -0.457 e. The lowest BCUT2D eigenvalue weighted by Gasteiger charge is -2.07. The van der Waals surface area contributed by atoms with E-state index in [9.17, 15) is 9.18 Å². The molecule has 0 radical (unpaired) electrons. The lowest BCUT2D eigenvalue weighted by atomic mass is 10.2. The van der Waals surface area contributed by atoms with Crippen LogP contribution in [-0.4, -0.2) is 29.7 Å². The molecule has 0 saturated carbocycles. The summed E-state index contributed by atoms with van der Waals surface area (Å²) in [5, 5.41) is 11.1. The van der Waals surface area contributed by atoms with Crippen molar-refractivity contribution >= 4 is 5.91 Å². The van der Waals surface area contributed by atoms with E-state index in [-0.39, 0.29) is 29.5 Å². The van der Waals surface area contributed by atoms with E-state index in [1.165, 1.54) is 31.4 Å². The van der Waals surface area contributed by atoms with E-state index in [4.69, 9.17) is 9.84 Å². The molecule has 0 aliphatic heterocycles. The smallest absolute Gasteiger partial charge is 0.269 e. The number of ether oxygens (including phenoxy) is 1. The van der Waals surface area contributed by atoms with Crippen LogP contribution in [0.25, 0.3) is 0 Å². The highest BCUT2D eigenvalue weighted by molar-refractivity contribution is 5.92.